The van der Waals surface area contributed by atoms with Crippen LogP contribution in [0, 0.1) is 28.6 Å². The molecule has 0 bridgehead atoms. The predicted octanol–water partition coefficient (Wildman–Crippen LogP) is 4.19. The summed E-state index contributed by atoms with van der Waals surface area (Å²) in [7, 11) is 0. The Morgan fingerprint density at radius 3 is 2.80 bits per heavy atom. The molecular formula is C21H31FO3. The molecule has 25 heavy (non-hydrogen) atoms. The van der Waals surface area contributed by atoms with E-state index < -0.39 is 6.17 Å². The summed E-state index contributed by atoms with van der Waals surface area (Å²) in [6.45, 7) is 3.97. The van der Waals surface area contributed by atoms with Crippen LogP contribution in [0.1, 0.15) is 65.2 Å². The van der Waals surface area contributed by atoms with Crippen molar-refractivity contribution in [3.8, 4) is 0 Å². The molecule has 7 unspecified atom stereocenters. The fourth-order valence-electron chi connectivity index (χ4n) is 7.05. The summed E-state index contributed by atoms with van der Waals surface area (Å²) in [4.78, 5) is 11.5. The number of rotatable bonds is 2. The van der Waals surface area contributed by atoms with Crippen molar-refractivity contribution in [2.75, 3.05) is 6.61 Å². The summed E-state index contributed by atoms with van der Waals surface area (Å²) in [5.41, 5.74) is 1.06. The van der Waals surface area contributed by atoms with Gasteiger partial charge in [-0.2, -0.15) is 0 Å². The molecule has 0 saturated heterocycles. The molecule has 3 fully saturated rings. The van der Waals surface area contributed by atoms with Crippen molar-refractivity contribution in [1.29, 1.82) is 0 Å². The van der Waals surface area contributed by atoms with Gasteiger partial charge in [0.15, 0.2) is 0 Å². The first kappa shape index (κ1) is 17.5. The molecule has 1 N–H and O–H groups in total. The lowest BCUT2D eigenvalue weighted by atomic mass is 9.47. The molecule has 4 aliphatic rings. The van der Waals surface area contributed by atoms with E-state index in [0.29, 0.717) is 30.6 Å². The minimum atomic E-state index is -0.740. The molecular weight excluding hydrogens is 319 g/mol. The normalized spacial score (nSPS) is 48.8. The van der Waals surface area contributed by atoms with Gasteiger partial charge < -0.3 is 9.84 Å². The van der Waals surface area contributed by atoms with Gasteiger partial charge in [-0.05, 0) is 62.7 Å². The number of fused-ring (bicyclic) bond motifs is 5. The van der Waals surface area contributed by atoms with E-state index in [4.69, 9.17) is 4.74 Å². The third-order valence-electron chi connectivity index (χ3n) is 8.27. The SMILES string of the molecule is CC(=O)OC1CCC2C3CC=C4CC(F)CCC4(CO)C3CCC12C. The second kappa shape index (κ2) is 6.07. The van der Waals surface area contributed by atoms with E-state index in [1.54, 1.807) is 0 Å². The molecule has 4 heteroatoms. The third-order valence-corrected chi connectivity index (χ3v) is 8.27. The Morgan fingerprint density at radius 2 is 2.08 bits per heavy atom. The Morgan fingerprint density at radius 1 is 1.28 bits per heavy atom. The molecule has 0 aliphatic heterocycles. The number of esters is 1. The second-order valence-corrected chi connectivity index (χ2v) is 9.22. The van der Waals surface area contributed by atoms with Gasteiger partial charge in [-0.15, -0.1) is 0 Å². The summed E-state index contributed by atoms with van der Waals surface area (Å²) in [6.07, 6.45) is 8.61. The number of aliphatic hydroxyl groups is 1. The van der Waals surface area contributed by atoms with Crippen molar-refractivity contribution in [2.24, 2.45) is 28.6 Å². The maximum atomic E-state index is 14.0. The van der Waals surface area contributed by atoms with Gasteiger partial charge in [0, 0.05) is 24.2 Å². The number of carbonyl (C=O) groups excluding carboxylic acids is 1. The van der Waals surface area contributed by atoms with Gasteiger partial charge in [0.2, 0.25) is 0 Å². The Bertz CT molecular complexity index is 588. The van der Waals surface area contributed by atoms with E-state index in [1.165, 1.54) is 12.5 Å². The number of aliphatic hydroxyl groups excluding tert-OH is 1. The molecule has 0 amide bonds. The van der Waals surface area contributed by atoms with Crippen LogP contribution in [-0.4, -0.2) is 30.0 Å². The minimum Gasteiger partial charge on any atom is -0.462 e. The molecule has 0 radical (unpaired) electrons. The number of hydrogen-bond acceptors (Lipinski definition) is 3. The Hall–Kier alpha value is -0.900. The van der Waals surface area contributed by atoms with Gasteiger partial charge in [0.05, 0.1) is 6.61 Å². The maximum absolute atomic E-state index is 14.0. The van der Waals surface area contributed by atoms with Crippen molar-refractivity contribution >= 4 is 5.97 Å². The highest BCUT2D eigenvalue weighted by molar-refractivity contribution is 5.66. The molecule has 4 rings (SSSR count). The van der Waals surface area contributed by atoms with Crippen molar-refractivity contribution in [1.82, 2.24) is 0 Å². The van der Waals surface area contributed by atoms with Crippen LogP contribution in [0.15, 0.2) is 11.6 Å². The van der Waals surface area contributed by atoms with E-state index >= 15 is 0 Å². The number of alkyl halides is 1. The molecule has 0 spiro atoms. The van der Waals surface area contributed by atoms with E-state index in [2.05, 4.69) is 13.0 Å². The molecule has 4 aliphatic carbocycles. The maximum Gasteiger partial charge on any atom is 0.302 e. The summed E-state index contributed by atoms with van der Waals surface area (Å²) < 4.78 is 19.6. The number of halogens is 1. The van der Waals surface area contributed by atoms with Gasteiger partial charge in [0.25, 0.3) is 0 Å². The number of allylic oxidation sites excluding steroid dienone is 1. The first-order valence-corrected chi connectivity index (χ1v) is 10.0. The standard InChI is InChI=1S/C21H31FO3/c1-13(24)25-19-6-5-17-16-4-3-14-11-15(22)7-10-21(14,12-23)18(16)8-9-20(17,19)2/h3,15-19,23H,4-12H2,1-2H3. The highest BCUT2D eigenvalue weighted by atomic mass is 19.1. The molecule has 0 aromatic rings. The van der Waals surface area contributed by atoms with Crippen molar-refractivity contribution < 1.29 is 19.0 Å². The van der Waals surface area contributed by atoms with Gasteiger partial charge >= 0.3 is 5.97 Å². The van der Waals surface area contributed by atoms with E-state index in [9.17, 15) is 14.3 Å². The van der Waals surface area contributed by atoms with Crippen LogP contribution in [0.25, 0.3) is 0 Å². The monoisotopic (exact) mass is 350 g/mol. The van der Waals surface area contributed by atoms with Crippen LogP contribution >= 0.6 is 0 Å². The van der Waals surface area contributed by atoms with Crippen LogP contribution in [0.2, 0.25) is 0 Å². The average molecular weight is 350 g/mol. The lowest BCUT2D eigenvalue weighted by Crippen LogP contribution is -2.53. The van der Waals surface area contributed by atoms with Crippen LogP contribution in [0.5, 0.6) is 0 Å². The smallest absolute Gasteiger partial charge is 0.302 e. The number of ether oxygens (including phenoxy) is 1. The Balaban J connectivity index is 1.64. The lowest BCUT2D eigenvalue weighted by Gasteiger charge is -2.58. The topological polar surface area (TPSA) is 46.5 Å². The molecule has 140 valence electrons. The van der Waals surface area contributed by atoms with Crippen LogP contribution in [0.3, 0.4) is 0 Å². The second-order valence-electron chi connectivity index (χ2n) is 9.22. The fraction of sp³-hybridized carbons (Fsp3) is 0.857. The molecule has 0 aromatic heterocycles. The third kappa shape index (κ3) is 2.50. The molecule has 0 heterocycles. The molecule has 3 nitrogen and oxygen atoms in total. The zero-order valence-electron chi connectivity index (χ0n) is 15.5. The first-order valence-electron chi connectivity index (χ1n) is 10.0. The zero-order chi connectivity index (χ0) is 17.8. The minimum absolute atomic E-state index is 0.0352. The zero-order valence-corrected chi connectivity index (χ0v) is 15.5. The number of carbonyl (C=O) groups is 1. The molecule has 7 atom stereocenters. The van der Waals surface area contributed by atoms with E-state index in [1.807, 2.05) is 0 Å². The van der Waals surface area contributed by atoms with Gasteiger partial charge in [-0.3, -0.25) is 4.79 Å². The largest absolute Gasteiger partial charge is 0.462 e. The van der Waals surface area contributed by atoms with Gasteiger partial charge in [-0.1, -0.05) is 18.6 Å². The van der Waals surface area contributed by atoms with Gasteiger partial charge in [0.1, 0.15) is 12.3 Å². The molecule has 0 aromatic carbocycles. The van der Waals surface area contributed by atoms with E-state index in [0.717, 1.165) is 38.5 Å². The summed E-state index contributed by atoms with van der Waals surface area (Å²) >= 11 is 0. The van der Waals surface area contributed by atoms with Crippen molar-refractivity contribution in [2.45, 2.75) is 77.5 Å². The predicted molar refractivity (Wildman–Crippen MR) is 93.6 cm³/mol. The highest BCUT2D eigenvalue weighted by Gasteiger charge is 2.60. The summed E-state index contributed by atoms with van der Waals surface area (Å²) in [6, 6.07) is 0. The quantitative estimate of drug-likeness (QED) is 0.600. The first-order chi connectivity index (χ1) is 11.9. The Kier molecular flexibility index (Phi) is 4.25. The Labute approximate surface area is 150 Å². The summed E-state index contributed by atoms with van der Waals surface area (Å²) in [5, 5.41) is 10.3. The van der Waals surface area contributed by atoms with Crippen molar-refractivity contribution in [3.05, 3.63) is 11.6 Å². The van der Waals surface area contributed by atoms with Crippen molar-refractivity contribution in [3.63, 3.8) is 0 Å². The van der Waals surface area contributed by atoms with Gasteiger partial charge in [-0.25, -0.2) is 4.39 Å². The van der Waals surface area contributed by atoms with Crippen LogP contribution < -0.4 is 0 Å². The van der Waals surface area contributed by atoms with Crippen LogP contribution in [-0.2, 0) is 9.53 Å². The van der Waals surface area contributed by atoms with E-state index in [-0.39, 0.29) is 29.5 Å². The summed E-state index contributed by atoms with van der Waals surface area (Å²) in [5.74, 6) is 1.36. The fourth-order valence-corrected chi connectivity index (χ4v) is 7.05. The number of hydrogen-bond donors (Lipinski definition) is 1. The molecule has 3 saturated carbocycles. The highest BCUT2D eigenvalue weighted by Crippen LogP contribution is 2.65. The van der Waals surface area contributed by atoms with Crippen LogP contribution in [0.4, 0.5) is 4.39 Å². The lowest BCUT2D eigenvalue weighted by molar-refractivity contribution is -0.157. The average Bonchev–Trinajstić information content (AvgIpc) is 2.90.